The van der Waals surface area contributed by atoms with Gasteiger partial charge in [-0.1, -0.05) is 11.6 Å². The van der Waals surface area contributed by atoms with Gasteiger partial charge >= 0.3 is 0 Å². The van der Waals surface area contributed by atoms with Gasteiger partial charge < -0.3 is 16.4 Å². The van der Waals surface area contributed by atoms with E-state index < -0.39 is 0 Å². The first-order chi connectivity index (χ1) is 8.54. The number of carbonyl (C=O) groups excluding carboxylic acids is 1. The van der Waals surface area contributed by atoms with E-state index in [-0.39, 0.29) is 17.8 Å². The maximum Gasteiger partial charge on any atom is 0.223 e. The number of amides is 1. The molecule has 7 heteroatoms. The molecule has 2 rings (SSSR count). The zero-order chi connectivity index (χ0) is 13.1. The number of piperidine rings is 1. The van der Waals surface area contributed by atoms with E-state index in [0.717, 1.165) is 25.9 Å². The van der Waals surface area contributed by atoms with E-state index in [1.807, 2.05) is 0 Å². The van der Waals surface area contributed by atoms with Crippen molar-refractivity contribution in [2.24, 2.45) is 11.7 Å². The van der Waals surface area contributed by atoms with Crippen LogP contribution in [-0.2, 0) is 4.79 Å². The minimum atomic E-state index is -0.262. The minimum absolute atomic E-state index is 0.162. The third-order valence-electron chi connectivity index (χ3n) is 3.03. The third kappa shape index (κ3) is 3.22. The fourth-order valence-corrected chi connectivity index (χ4v) is 2.49. The summed E-state index contributed by atoms with van der Waals surface area (Å²) in [5, 5.41) is 0.328. The number of anilines is 2. The van der Waals surface area contributed by atoms with E-state index >= 15 is 0 Å². The molecule has 1 aromatic rings. The van der Waals surface area contributed by atoms with Gasteiger partial charge in [-0.05, 0) is 18.8 Å². The molecule has 0 spiro atoms. The van der Waals surface area contributed by atoms with Crippen LogP contribution >= 0.6 is 11.6 Å². The molecule has 2 heterocycles. The lowest BCUT2D eigenvalue weighted by Crippen LogP contribution is -2.37. The third-order valence-corrected chi connectivity index (χ3v) is 3.23. The maximum atomic E-state index is 11.0. The smallest absolute Gasteiger partial charge is 0.223 e. The van der Waals surface area contributed by atoms with Crippen LogP contribution in [0.1, 0.15) is 19.3 Å². The van der Waals surface area contributed by atoms with E-state index in [2.05, 4.69) is 14.9 Å². The number of nitrogens with two attached hydrogens (primary N) is 2. The zero-order valence-electron chi connectivity index (χ0n) is 9.97. The first-order valence-corrected chi connectivity index (χ1v) is 6.25. The Kier molecular flexibility index (Phi) is 3.86. The number of rotatable bonds is 3. The molecule has 0 radical (unpaired) electrons. The summed E-state index contributed by atoms with van der Waals surface area (Å²) in [5.41, 5.74) is 10.8. The zero-order valence-corrected chi connectivity index (χ0v) is 10.7. The number of aromatic nitrogens is 2. The highest BCUT2D eigenvalue weighted by atomic mass is 35.5. The van der Waals surface area contributed by atoms with Crippen LogP contribution in [0.3, 0.4) is 0 Å². The monoisotopic (exact) mass is 269 g/mol. The van der Waals surface area contributed by atoms with E-state index in [4.69, 9.17) is 23.1 Å². The molecule has 1 aliphatic rings. The number of hydrogen-bond acceptors (Lipinski definition) is 5. The number of nitrogens with zero attached hydrogens (tertiary/aromatic N) is 3. The van der Waals surface area contributed by atoms with Crippen molar-refractivity contribution >= 4 is 29.3 Å². The van der Waals surface area contributed by atoms with Gasteiger partial charge in [-0.25, -0.2) is 4.98 Å². The molecular formula is C11H16ClN5O. The van der Waals surface area contributed by atoms with Gasteiger partial charge in [0.2, 0.25) is 11.9 Å². The Bertz CT molecular complexity index is 433. The molecule has 1 atom stereocenters. The molecule has 1 saturated heterocycles. The standard InChI is InChI=1S/C11H16ClN5O/c12-8-5-10(16-11(14)15-8)17-3-1-2-7(6-17)4-9(13)18/h5,7H,1-4,6H2,(H2,13,18)(H2,14,15,16). The Morgan fingerprint density at radius 1 is 1.56 bits per heavy atom. The Morgan fingerprint density at radius 3 is 3.00 bits per heavy atom. The van der Waals surface area contributed by atoms with Crippen molar-refractivity contribution in [3.63, 3.8) is 0 Å². The molecule has 6 nitrogen and oxygen atoms in total. The predicted octanol–water partition coefficient (Wildman–Crippen LogP) is 0.804. The molecular weight excluding hydrogens is 254 g/mol. The SMILES string of the molecule is NC(=O)CC1CCCN(c2cc(Cl)nc(N)n2)C1. The van der Waals surface area contributed by atoms with Crippen LogP contribution in [0.2, 0.25) is 5.15 Å². The molecule has 1 aliphatic heterocycles. The number of halogens is 1. The highest BCUT2D eigenvalue weighted by Crippen LogP contribution is 2.25. The summed E-state index contributed by atoms with van der Waals surface area (Å²) in [7, 11) is 0. The quantitative estimate of drug-likeness (QED) is 0.791. The first kappa shape index (κ1) is 12.9. The van der Waals surface area contributed by atoms with Crippen molar-refractivity contribution in [2.45, 2.75) is 19.3 Å². The molecule has 0 bridgehead atoms. The molecule has 98 valence electrons. The van der Waals surface area contributed by atoms with Crippen LogP contribution < -0.4 is 16.4 Å². The van der Waals surface area contributed by atoms with Crippen LogP contribution in [0.4, 0.5) is 11.8 Å². The molecule has 0 aliphatic carbocycles. The summed E-state index contributed by atoms with van der Waals surface area (Å²) in [6.45, 7) is 1.62. The van der Waals surface area contributed by atoms with E-state index in [0.29, 0.717) is 17.4 Å². The van der Waals surface area contributed by atoms with Crippen LogP contribution in [0.25, 0.3) is 0 Å². The molecule has 1 unspecified atom stereocenters. The van der Waals surface area contributed by atoms with Crippen LogP contribution in [0.5, 0.6) is 0 Å². The Morgan fingerprint density at radius 2 is 2.33 bits per heavy atom. The summed E-state index contributed by atoms with van der Waals surface area (Å²) in [4.78, 5) is 21.0. The second-order valence-corrected chi connectivity index (χ2v) is 4.92. The lowest BCUT2D eigenvalue weighted by Gasteiger charge is -2.33. The van der Waals surface area contributed by atoms with Crippen molar-refractivity contribution in [3.8, 4) is 0 Å². The van der Waals surface area contributed by atoms with Gasteiger partial charge in [-0.2, -0.15) is 4.98 Å². The van der Waals surface area contributed by atoms with Crippen LogP contribution in [0, 0.1) is 5.92 Å². The van der Waals surface area contributed by atoms with Gasteiger partial charge in [-0.3, -0.25) is 4.79 Å². The summed E-state index contributed by atoms with van der Waals surface area (Å²) in [6.07, 6.45) is 2.41. The van der Waals surface area contributed by atoms with Gasteiger partial charge in [-0.15, -0.1) is 0 Å². The summed E-state index contributed by atoms with van der Waals surface area (Å²) < 4.78 is 0. The average molecular weight is 270 g/mol. The Balaban J connectivity index is 2.10. The average Bonchev–Trinajstić information content (AvgIpc) is 2.27. The molecule has 18 heavy (non-hydrogen) atoms. The maximum absolute atomic E-state index is 11.0. The van der Waals surface area contributed by atoms with Crippen molar-refractivity contribution in [3.05, 3.63) is 11.2 Å². The lowest BCUT2D eigenvalue weighted by molar-refractivity contribution is -0.118. The highest BCUT2D eigenvalue weighted by Gasteiger charge is 2.22. The first-order valence-electron chi connectivity index (χ1n) is 5.88. The molecule has 0 saturated carbocycles. The van der Waals surface area contributed by atoms with E-state index in [9.17, 15) is 4.79 Å². The molecule has 1 fully saturated rings. The van der Waals surface area contributed by atoms with Gasteiger partial charge in [0, 0.05) is 25.6 Å². The summed E-state index contributed by atoms with van der Waals surface area (Å²) in [6, 6.07) is 1.69. The number of carbonyl (C=O) groups is 1. The molecule has 0 aromatic carbocycles. The van der Waals surface area contributed by atoms with Crippen molar-refractivity contribution in [2.75, 3.05) is 23.7 Å². The minimum Gasteiger partial charge on any atom is -0.370 e. The van der Waals surface area contributed by atoms with Crippen molar-refractivity contribution in [1.82, 2.24) is 9.97 Å². The second kappa shape index (κ2) is 5.39. The largest absolute Gasteiger partial charge is 0.370 e. The normalized spacial score (nSPS) is 19.8. The summed E-state index contributed by atoms with van der Waals surface area (Å²) >= 11 is 5.86. The number of primary amides is 1. The number of nitrogen functional groups attached to an aromatic ring is 1. The van der Waals surface area contributed by atoms with Crippen LogP contribution in [-0.4, -0.2) is 29.0 Å². The van der Waals surface area contributed by atoms with E-state index in [1.165, 1.54) is 0 Å². The van der Waals surface area contributed by atoms with Crippen molar-refractivity contribution in [1.29, 1.82) is 0 Å². The molecule has 4 N–H and O–H groups in total. The van der Waals surface area contributed by atoms with Crippen molar-refractivity contribution < 1.29 is 4.79 Å². The van der Waals surface area contributed by atoms with Crippen LogP contribution in [0.15, 0.2) is 6.07 Å². The summed E-state index contributed by atoms with van der Waals surface area (Å²) in [5.74, 6) is 0.879. The lowest BCUT2D eigenvalue weighted by atomic mass is 9.94. The molecule has 1 amide bonds. The van der Waals surface area contributed by atoms with Gasteiger partial charge in [0.15, 0.2) is 0 Å². The van der Waals surface area contributed by atoms with Gasteiger partial charge in [0.1, 0.15) is 11.0 Å². The van der Waals surface area contributed by atoms with E-state index in [1.54, 1.807) is 6.07 Å². The highest BCUT2D eigenvalue weighted by molar-refractivity contribution is 6.29. The predicted molar refractivity (Wildman–Crippen MR) is 70.2 cm³/mol. The Labute approximate surface area is 110 Å². The second-order valence-electron chi connectivity index (χ2n) is 4.53. The van der Waals surface area contributed by atoms with Gasteiger partial charge in [0.25, 0.3) is 0 Å². The fourth-order valence-electron chi connectivity index (χ4n) is 2.31. The topological polar surface area (TPSA) is 98.1 Å². The van der Waals surface area contributed by atoms with Gasteiger partial charge in [0.05, 0.1) is 0 Å². The number of hydrogen-bond donors (Lipinski definition) is 2. The molecule has 1 aromatic heterocycles. The fraction of sp³-hybridized carbons (Fsp3) is 0.545. The Hall–Kier alpha value is -1.56.